The van der Waals surface area contributed by atoms with Crippen molar-refractivity contribution in [2.24, 2.45) is 0 Å². The van der Waals surface area contributed by atoms with Crippen LogP contribution in [0.15, 0.2) is 48.7 Å². The molecule has 3 rings (SSSR count). The first-order valence-corrected chi connectivity index (χ1v) is 7.47. The van der Waals surface area contributed by atoms with Gasteiger partial charge in [-0.15, -0.1) is 0 Å². The predicted molar refractivity (Wildman–Crippen MR) is 90.5 cm³/mol. The molecule has 7 heteroatoms. The number of benzene rings is 1. The summed E-state index contributed by atoms with van der Waals surface area (Å²) < 4.78 is 2.07. The first-order chi connectivity index (χ1) is 11.1. The number of hydrogen-bond donors (Lipinski definition) is 2. The van der Waals surface area contributed by atoms with Crippen LogP contribution in [0.1, 0.15) is 5.56 Å². The highest BCUT2D eigenvalue weighted by Gasteiger charge is 2.12. The molecule has 0 saturated heterocycles. The summed E-state index contributed by atoms with van der Waals surface area (Å²) in [6.45, 7) is 2.07. The summed E-state index contributed by atoms with van der Waals surface area (Å²) in [5.41, 5.74) is 2.02. The van der Waals surface area contributed by atoms with E-state index in [0.29, 0.717) is 16.4 Å². The number of carbonyl (C=O) groups is 1. The molecule has 0 aliphatic heterocycles. The van der Waals surface area contributed by atoms with E-state index in [1.54, 1.807) is 22.9 Å². The van der Waals surface area contributed by atoms with Crippen molar-refractivity contribution in [3.05, 3.63) is 59.0 Å². The van der Waals surface area contributed by atoms with Crippen molar-refractivity contribution in [2.75, 3.05) is 5.32 Å². The van der Waals surface area contributed by atoms with Crippen LogP contribution in [-0.2, 0) is 11.3 Å². The van der Waals surface area contributed by atoms with Crippen LogP contribution in [0.3, 0.4) is 0 Å². The Kier molecular flexibility index (Phi) is 4.29. The molecule has 2 N–H and O–H groups in total. The Labute approximate surface area is 138 Å². The van der Waals surface area contributed by atoms with E-state index in [-0.39, 0.29) is 12.5 Å². The van der Waals surface area contributed by atoms with E-state index >= 15 is 0 Å². The molecule has 1 amide bonds. The first-order valence-electron chi connectivity index (χ1n) is 7.06. The molecule has 1 aromatic carbocycles. The Balaban J connectivity index is 1.85. The average molecular weight is 325 g/mol. The van der Waals surface area contributed by atoms with E-state index in [4.69, 9.17) is 12.2 Å². The van der Waals surface area contributed by atoms with Crippen molar-refractivity contribution in [1.82, 2.24) is 19.7 Å². The molecule has 0 bridgehead atoms. The second-order valence-corrected chi connectivity index (χ2v) is 5.46. The third kappa shape index (κ3) is 3.51. The lowest BCUT2D eigenvalue weighted by Crippen LogP contribution is -2.20. The Morgan fingerprint density at radius 3 is 2.91 bits per heavy atom. The minimum Gasteiger partial charge on any atom is -0.309 e. The Bertz CT molecular complexity index is 885. The quantitative estimate of drug-likeness (QED) is 0.723. The standard InChI is InChI=1S/C16H15N5OS/c1-11-5-4-6-12(9-11)15-19-20-16(23)21(15)10-14(22)18-13-7-2-3-8-17-13/h2-9H,10H2,1H3,(H,20,23)(H,17,18,22). The van der Waals surface area contributed by atoms with Gasteiger partial charge in [0.25, 0.3) is 0 Å². The molecule has 0 spiro atoms. The van der Waals surface area contributed by atoms with Gasteiger partial charge in [0.15, 0.2) is 10.6 Å². The lowest BCUT2D eigenvalue weighted by molar-refractivity contribution is -0.116. The summed E-state index contributed by atoms with van der Waals surface area (Å²) in [6.07, 6.45) is 1.62. The molecule has 0 saturated carbocycles. The Morgan fingerprint density at radius 1 is 1.30 bits per heavy atom. The van der Waals surface area contributed by atoms with Gasteiger partial charge in [0, 0.05) is 11.8 Å². The molecular formula is C16H15N5OS. The number of anilines is 1. The summed E-state index contributed by atoms with van der Waals surface area (Å²) in [4.78, 5) is 16.3. The van der Waals surface area contributed by atoms with Crippen LogP contribution in [0.2, 0.25) is 0 Å². The molecule has 0 aliphatic carbocycles. The highest BCUT2D eigenvalue weighted by atomic mass is 32.1. The van der Waals surface area contributed by atoms with Crippen LogP contribution in [0.5, 0.6) is 0 Å². The fourth-order valence-electron chi connectivity index (χ4n) is 2.23. The molecule has 0 atom stereocenters. The van der Waals surface area contributed by atoms with Crippen molar-refractivity contribution in [2.45, 2.75) is 13.5 Å². The van der Waals surface area contributed by atoms with Crippen LogP contribution in [0, 0.1) is 11.7 Å². The average Bonchev–Trinajstić information content (AvgIpc) is 2.89. The van der Waals surface area contributed by atoms with Crippen molar-refractivity contribution < 1.29 is 4.79 Å². The SMILES string of the molecule is Cc1cccc(-c2n[nH]c(=S)n2CC(=O)Nc2ccccn2)c1. The molecule has 2 heterocycles. The van der Waals surface area contributed by atoms with Crippen LogP contribution >= 0.6 is 12.2 Å². The topological polar surface area (TPSA) is 75.6 Å². The van der Waals surface area contributed by atoms with E-state index in [2.05, 4.69) is 20.5 Å². The monoisotopic (exact) mass is 325 g/mol. The number of aromatic amines is 1. The van der Waals surface area contributed by atoms with Gasteiger partial charge in [-0.05, 0) is 37.3 Å². The molecule has 23 heavy (non-hydrogen) atoms. The second-order valence-electron chi connectivity index (χ2n) is 5.07. The minimum atomic E-state index is -0.213. The van der Waals surface area contributed by atoms with Gasteiger partial charge in [-0.2, -0.15) is 5.10 Å². The number of nitrogens with one attached hydrogen (secondary N) is 2. The van der Waals surface area contributed by atoms with Crippen LogP contribution in [-0.4, -0.2) is 25.7 Å². The molecule has 2 aromatic heterocycles. The summed E-state index contributed by atoms with van der Waals surface area (Å²) >= 11 is 5.24. The molecule has 116 valence electrons. The summed E-state index contributed by atoms with van der Waals surface area (Å²) in [6, 6.07) is 13.2. The molecule has 0 fully saturated rings. The third-order valence-electron chi connectivity index (χ3n) is 3.27. The number of nitrogens with zero attached hydrogens (tertiary/aromatic N) is 3. The maximum atomic E-state index is 12.2. The second kappa shape index (κ2) is 6.53. The van der Waals surface area contributed by atoms with Gasteiger partial charge in [-0.3, -0.25) is 14.5 Å². The van der Waals surface area contributed by atoms with Crippen molar-refractivity contribution >= 4 is 23.9 Å². The zero-order chi connectivity index (χ0) is 16.2. The highest BCUT2D eigenvalue weighted by Crippen LogP contribution is 2.18. The van der Waals surface area contributed by atoms with Gasteiger partial charge >= 0.3 is 0 Å². The lowest BCUT2D eigenvalue weighted by atomic mass is 10.1. The van der Waals surface area contributed by atoms with E-state index in [1.807, 2.05) is 37.3 Å². The maximum absolute atomic E-state index is 12.2. The zero-order valence-corrected chi connectivity index (χ0v) is 13.3. The number of rotatable bonds is 4. The molecule has 0 aliphatic rings. The summed E-state index contributed by atoms with van der Waals surface area (Å²) in [7, 11) is 0. The van der Waals surface area contributed by atoms with Gasteiger partial charge in [0.05, 0.1) is 0 Å². The molecule has 0 radical (unpaired) electrons. The minimum absolute atomic E-state index is 0.0647. The van der Waals surface area contributed by atoms with Crippen molar-refractivity contribution in [3.8, 4) is 11.4 Å². The first kappa shape index (κ1) is 15.1. The van der Waals surface area contributed by atoms with Crippen LogP contribution in [0.4, 0.5) is 5.82 Å². The molecular weight excluding hydrogens is 310 g/mol. The van der Waals surface area contributed by atoms with Gasteiger partial charge in [0.1, 0.15) is 12.4 Å². The smallest absolute Gasteiger partial charge is 0.245 e. The Morgan fingerprint density at radius 2 is 2.17 bits per heavy atom. The van der Waals surface area contributed by atoms with Gasteiger partial charge in [-0.1, -0.05) is 29.8 Å². The van der Waals surface area contributed by atoms with Crippen molar-refractivity contribution in [1.29, 1.82) is 0 Å². The number of aryl methyl sites for hydroxylation is 1. The number of H-pyrrole nitrogens is 1. The highest BCUT2D eigenvalue weighted by molar-refractivity contribution is 7.71. The lowest BCUT2D eigenvalue weighted by Gasteiger charge is -2.08. The Hall–Kier alpha value is -2.80. The van der Waals surface area contributed by atoms with E-state index < -0.39 is 0 Å². The predicted octanol–water partition coefficient (Wildman–Crippen LogP) is 2.95. The fraction of sp³-hybridized carbons (Fsp3) is 0.125. The number of aromatic nitrogens is 4. The maximum Gasteiger partial charge on any atom is 0.245 e. The molecule has 0 unspecified atom stereocenters. The van der Waals surface area contributed by atoms with Crippen molar-refractivity contribution in [3.63, 3.8) is 0 Å². The van der Waals surface area contributed by atoms with Crippen LogP contribution in [0.25, 0.3) is 11.4 Å². The van der Waals surface area contributed by atoms with E-state index in [9.17, 15) is 4.79 Å². The number of hydrogen-bond acceptors (Lipinski definition) is 4. The largest absolute Gasteiger partial charge is 0.309 e. The number of amides is 1. The molecule has 3 aromatic rings. The third-order valence-corrected chi connectivity index (χ3v) is 3.58. The van der Waals surface area contributed by atoms with Gasteiger partial charge < -0.3 is 5.32 Å². The van der Waals surface area contributed by atoms with E-state index in [1.165, 1.54) is 0 Å². The van der Waals surface area contributed by atoms with Crippen LogP contribution < -0.4 is 5.32 Å². The van der Waals surface area contributed by atoms with E-state index in [0.717, 1.165) is 11.1 Å². The fourth-order valence-corrected chi connectivity index (χ4v) is 2.43. The normalized spacial score (nSPS) is 10.5. The van der Waals surface area contributed by atoms with Gasteiger partial charge in [-0.25, -0.2) is 4.98 Å². The number of carbonyl (C=O) groups excluding carboxylic acids is 1. The summed E-state index contributed by atoms with van der Waals surface area (Å²) in [5, 5.41) is 9.72. The number of pyridine rings is 1. The molecule has 6 nitrogen and oxygen atoms in total. The zero-order valence-electron chi connectivity index (χ0n) is 12.5. The summed E-state index contributed by atoms with van der Waals surface area (Å²) in [5.74, 6) is 0.926. The van der Waals surface area contributed by atoms with Gasteiger partial charge in [0.2, 0.25) is 5.91 Å².